The second-order valence-electron chi connectivity index (χ2n) is 8.11. The molecule has 38 heavy (non-hydrogen) atoms. The van der Waals surface area contributed by atoms with E-state index in [1.165, 1.54) is 12.1 Å². The lowest BCUT2D eigenvalue weighted by atomic mass is 10.2. The molecule has 5 aromatic rings. The van der Waals surface area contributed by atoms with Crippen molar-refractivity contribution in [3.8, 4) is 17.1 Å². The number of nitrogens with zero attached hydrogens (tertiary/aromatic N) is 4. The van der Waals surface area contributed by atoms with Gasteiger partial charge in [0.05, 0.1) is 16.6 Å². The molecule has 0 atom stereocenters. The number of benzene rings is 2. The zero-order valence-corrected chi connectivity index (χ0v) is 19.8. The highest BCUT2D eigenvalue weighted by Gasteiger charge is 2.31. The first kappa shape index (κ1) is 24.6. The van der Waals surface area contributed by atoms with Crippen LogP contribution in [-0.2, 0) is 0 Å². The van der Waals surface area contributed by atoms with Gasteiger partial charge < -0.3 is 25.3 Å². The summed E-state index contributed by atoms with van der Waals surface area (Å²) in [5.41, 5.74) is 3.86. The summed E-state index contributed by atoms with van der Waals surface area (Å²) in [5, 5.41) is 5.26. The van der Waals surface area contributed by atoms with Crippen molar-refractivity contribution in [2.45, 2.75) is 6.36 Å². The number of hydrogen-bond donors (Lipinski definition) is 3. The summed E-state index contributed by atoms with van der Waals surface area (Å²) in [6, 6.07) is 16.9. The Morgan fingerprint density at radius 1 is 0.947 bits per heavy atom. The van der Waals surface area contributed by atoms with Crippen LogP contribution in [0.2, 0.25) is 0 Å². The van der Waals surface area contributed by atoms with Gasteiger partial charge in [-0.3, -0.25) is 4.98 Å². The van der Waals surface area contributed by atoms with E-state index in [1.54, 1.807) is 36.8 Å². The number of imidazole rings is 1. The number of ether oxygens (including phenoxy) is 1. The molecule has 0 aliphatic carbocycles. The van der Waals surface area contributed by atoms with Crippen molar-refractivity contribution in [2.24, 2.45) is 0 Å². The van der Waals surface area contributed by atoms with Crippen LogP contribution in [0.4, 0.5) is 40.8 Å². The minimum atomic E-state index is -4.79. The molecule has 12 heteroatoms. The number of H-pyrrole nitrogens is 1. The third-order valence-corrected chi connectivity index (χ3v) is 5.50. The molecule has 2 amide bonds. The van der Waals surface area contributed by atoms with E-state index in [4.69, 9.17) is 0 Å². The lowest BCUT2D eigenvalue weighted by Gasteiger charge is -2.20. The second kappa shape index (κ2) is 10.1. The SMILES string of the molecule is CN(c1ccncc1)c1ncccc1-c1nc2ccc(NC(=O)Nc3ccc(OC(F)(F)F)cc3)cc2[nH]1. The Balaban J connectivity index is 1.32. The zero-order valence-electron chi connectivity index (χ0n) is 19.8. The van der Waals surface area contributed by atoms with Crippen LogP contribution in [0.3, 0.4) is 0 Å². The Kier molecular flexibility index (Phi) is 6.52. The van der Waals surface area contributed by atoms with Crippen LogP contribution >= 0.6 is 0 Å². The molecule has 0 fully saturated rings. The van der Waals surface area contributed by atoms with E-state index >= 15 is 0 Å². The highest BCUT2D eigenvalue weighted by molar-refractivity contribution is 6.01. The summed E-state index contributed by atoms with van der Waals surface area (Å²) < 4.78 is 40.8. The number of rotatable bonds is 6. The Morgan fingerprint density at radius 2 is 1.66 bits per heavy atom. The number of carbonyl (C=O) groups is 1. The average Bonchev–Trinajstić information content (AvgIpc) is 3.32. The van der Waals surface area contributed by atoms with Gasteiger partial charge in [0.1, 0.15) is 17.4 Å². The van der Waals surface area contributed by atoms with Crippen LogP contribution in [0.15, 0.2) is 85.3 Å². The van der Waals surface area contributed by atoms with Gasteiger partial charge in [0.25, 0.3) is 0 Å². The summed E-state index contributed by atoms with van der Waals surface area (Å²) in [4.78, 5) is 30.9. The number of urea groups is 1. The Bertz CT molecular complexity index is 1570. The van der Waals surface area contributed by atoms with Crippen molar-refractivity contribution in [3.63, 3.8) is 0 Å². The number of hydrogen-bond acceptors (Lipinski definition) is 6. The van der Waals surface area contributed by atoms with Crippen molar-refractivity contribution >= 4 is 39.9 Å². The number of aromatic nitrogens is 4. The molecule has 9 nitrogen and oxygen atoms in total. The molecule has 0 spiro atoms. The van der Waals surface area contributed by atoms with Crippen molar-refractivity contribution in [1.29, 1.82) is 0 Å². The van der Waals surface area contributed by atoms with Gasteiger partial charge in [0, 0.05) is 42.7 Å². The van der Waals surface area contributed by atoms with Crippen molar-refractivity contribution in [1.82, 2.24) is 19.9 Å². The summed E-state index contributed by atoms with van der Waals surface area (Å²) >= 11 is 0. The van der Waals surface area contributed by atoms with E-state index in [9.17, 15) is 18.0 Å². The number of anilines is 4. The molecular weight excluding hydrogens is 499 g/mol. The Morgan fingerprint density at radius 3 is 2.39 bits per heavy atom. The number of fused-ring (bicyclic) bond motifs is 1. The highest BCUT2D eigenvalue weighted by Crippen LogP contribution is 2.32. The van der Waals surface area contributed by atoms with Gasteiger partial charge in [0.15, 0.2) is 0 Å². The maximum absolute atomic E-state index is 12.4. The topological polar surface area (TPSA) is 108 Å². The van der Waals surface area contributed by atoms with Crippen LogP contribution in [0.1, 0.15) is 0 Å². The molecule has 0 aliphatic rings. The lowest BCUT2D eigenvalue weighted by Crippen LogP contribution is -2.19. The van der Waals surface area contributed by atoms with Crippen molar-refractivity contribution in [2.75, 3.05) is 22.6 Å². The third kappa shape index (κ3) is 5.64. The standard InChI is InChI=1S/C26H20F3N7O2/c1-36(18-10-13-30-14-11-18)24-20(3-2-12-31-24)23-34-21-9-6-17(15-22(21)35-23)33-25(37)32-16-4-7-19(8-5-16)38-26(27,28)29/h2-15H,1H3,(H,34,35)(H2,32,33,37). The number of aromatic amines is 1. The molecule has 0 radical (unpaired) electrons. The number of carbonyl (C=O) groups excluding carboxylic acids is 1. The number of alkyl halides is 3. The summed E-state index contributed by atoms with van der Waals surface area (Å²) in [6.45, 7) is 0. The van der Waals surface area contributed by atoms with E-state index in [0.29, 0.717) is 34.1 Å². The van der Waals surface area contributed by atoms with Gasteiger partial charge in [-0.1, -0.05) is 0 Å². The van der Waals surface area contributed by atoms with Crippen LogP contribution in [0.25, 0.3) is 22.4 Å². The lowest BCUT2D eigenvalue weighted by molar-refractivity contribution is -0.274. The maximum atomic E-state index is 12.4. The molecule has 0 unspecified atom stereocenters. The first-order chi connectivity index (χ1) is 18.2. The zero-order chi connectivity index (χ0) is 26.7. The molecule has 0 bridgehead atoms. The summed E-state index contributed by atoms with van der Waals surface area (Å²) in [5.74, 6) is 0.918. The molecule has 0 saturated heterocycles. The smallest absolute Gasteiger partial charge is 0.406 e. The minimum absolute atomic E-state index is 0.296. The van der Waals surface area contributed by atoms with Crippen LogP contribution in [0, 0.1) is 0 Å². The Labute approximate surface area is 214 Å². The quantitative estimate of drug-likeness (QED) is 0.242. The molecule has 192 valence electrons. The van der Waals surface area contributed by atoms with E-state index in [1.807, 2.05) is 36.2 Å². The van der Waals surface area contributed by atoms with Gasteiger partial charge >= 0.3 is 12.4 Å². The minimum Gasteiger partial charge on any atom is -0.406 e. The fourth-order valence-corrected chi connectivity index (χ4v) is 3.79. The van der Waals surface area contributed by atoms with Gasteiger partial charge in [-0.25, -0.2) is 14.8 Å². The molecule has 5 rings (SSSR count). The van der Waals surface area contributed by atoms with Gasteiger partial charge in [0.2, 0.25) is 0 Å². The van der Waals surface area contributed by atoms with Crippen LogP contribution in [0.5, 0.6) is 5.75 Å². The van der Waals surface area contributed by atoms with E-state index in [-0.39, 0.29) is 5.75 Å². The van der Waals surface area contributed by atoms with Gasteiger partial charge in [-0.05, 0) is 66.7 Å². The van der Waals surface area contributed by atoms with E-state index in [2.05, 4.69) is 35.3 Å². The first-order valence-electron chi connectivity index (χ1n) is 11.3. The average molecular weight is 519 g/mol. The largest absolute Gasteiger partial charge is 0.573 e. The van der Waals surface area contributed by atoms with Crippen molar-refractivity contribution in [3.05, 3.63) is 85.3 Å². The highest BCUT2D eigenvalue weighted by atomic mass is 19.4. The molecule has 0 saturated carbocycles. The van der Waals surface area contributed by atoms with E-state index < -0.39 is 12.4 Å². The predicted molar refractivity (Wildman–Crippen MR) is 137 cm³/mol. The fourth-order valence-electron chi connectivity index (χ4n) is 3.79. The second-order valence-corrected chi connectivity index (χ2v) is 8.11. The number of halogens is 3. The van der Waals surface area contributed by atoms with Crippen LogP contribution < -0.4 is 20.3 Å². The number of nitrogens with one attached hydrogen (secondary N) is 3. The fraction of sp³-hybridized carbons (Fsp3) is 0.0769. The molecular formula is C26H20F3N7O2. The maximum Gasteiger partial charge on any atom is 0.573 e. The predicted octanol–water partition coefficient (Wildman–Crippen LogP) is 6.33. The number of amides is 2. The molecule has 2 aromatic carbocycles. The van der Waals surface area contributed by atoms with Gasteiger partial charge in [-0.15, -0.1) is 13.2 Å². The number of pyridine rings is 2. The molecule has 3 N–H and O–H groups in total. The van der Waals surface area contributed by atoms with E-state index in [0.717, 1.165) is 23.4 Å². The normalized spacial score (nSPS) is 11.3. The molecule has 0 aliphatic heterocycles. The van der Waals surface area contributed by atoms with Gasteiger partial charge in [-0.2, -0.15) is 0 Å². The Hall–Kier alpha value is -5.13. The van der Waals surface area contributed by atoms with Crippen molar-refractivity contribution < 1.29 is 22.7 Å². The molecule has 3 aromatic heterocycles. The summed E-state index contributed by atoms with van der Waals surface area (Å²) in [6.07, 6.45) is 0.331. The monoisotopic (exact) mass is 519 g/mol. The first-order valence-corrected chi connectivity index (χ1v) is 11.3. The molecule has 3 heterocycles. The van der Waals surface area contributed by atoms with Crippen LogP contribution in [-0.4, -0.2) is 39.4 Å². The summed E-state index contributed by atoms with van der Waals surface area (Å²) in [7, 11) is 1.90. The third-order valence-electron chi connectivity index (χ3n) is 5.50.